The number of nitrogens with zero attached hydrogens (tertiary/aromatic N) is 1. The van der Waals surface area contributed by atoms with Crippen molar-refractivity contribution in [1.82, 2.24) is 4.90 Å². The first-order valence-electron chi connectivity index (χ1n) is 7.02. The minimum Gasteiger partial charge on any atom is -0.337 e. The number of hydrogen-bond acceptors (Lipinski definition) is 4. The first-order valence-corrected chi connectivity index (χ1v) is 9.65. The molecule has 112 valence electrons. The summed E-state index contributed by atoms with van der Waals surface area (Å²) in [5.74, 6) is 0.268. The van der Waals surface area contributed by atoms with E-state index in [0.29, 0.717) is 19.5 Å². The van der Waals surface area contributed by atoms with Gasteiger partial charge in [-0.25, -0.2) is 8.42 Å². The van der Waals surface area contributed by atoms with Crippen molar-refractivity contribution in [3.8, 4) is 0 Å². The monoisotopic (exact) mass is 315 g/mol. The van der Waals surface area contributed by atoms with E-state index < -0.39 is 9.84 Å². The molecule has 0 saturated carbocycles. The Kier molecular flexibility index (Phi) is 4.86. The molecule has 0 bridgehead atoms. The molecule has 0 aliphatic carbocycles. The SMILES string of the molecule is CCCc1cc(C(=O)N2CCCS(=O)(=O)CC2)sc1C. The molecule has 1 amide bonds. The molecule has 2 heterocycles. The van der Waals surface area contributed by atoms with Gasteiger partial charge in [-0.05, 0) is 31.4 Å². The quantitative estimate of drug-likeness (QED) is 0.860. The lowest BCUT2D eigenvalue weighted by Crippen LogP contribution is -2.33. The van der Waals surface area contributed by atoms with Crippen LogP contribution in [0.5, 0.6) is 0 Å². The first kappa shape index (κ1) is 15.5. The highest BCUT2D eigenvalue weighted by Gasteiger charge is 2.24. The summed E-state index contributed by atoms with van der Waals surface area (Å²) >= 11 is 1.52. The Morgan fingerprint density at radius 2 is 2.10 bits per heavy atom. The summed E-state index contributed by atoms with van der Waals surface area (Å²) in [7, 11) is -2.97. The maximum absolute atomic E-state index is 12.5. The number of carbonyl (C=O) groups is 1. The maximum atomic E-state index is 12.5. The maximum Gasteiger partial charge on any atom is 0.263 e. The fourth-order valence-electron chi connectivity index (χ4n) is 2.44. The van der Waals surface area contributed by atoms with Crippen molar-refractivity contribution >= 4 is 27.1 Å². The van der Waals surface area contributed by atoms with Gasteiger partial charge in [-0.2, -0.15) is 0 Å². The van der Waals surface area contributed by atoms with Crippen LogP contribution in [0.4, 0.5) is 0 Å². The zero-order chi connectivity index (χ0) is 14.8. The molecular weight excluding hydrogens is 294 g/mol. The highest BCUT2D eigenvalue weighted by Crippen LogP contribution is 2.24. The van der Waals surface area contributed by atoms with Crippen LogP contribution >= 0.6 is 11.3 Å². The van der Waals surface area contributed by atoms with Crippen LogP contribution in [0.25, 0.3) is 0 Å². The number of carbonyl (C=O) groups excluding carboxylic acids is 1. The smallest absolute Gasteiger partial charge is 0.263 e. The molecular formula is C14H21NO3S2. The summed E-state index contributed by atoms with van der Waals surface area (Å²) in [5.41, 5.74) is 1.24. The van der Waals surface area contributed by atoms with Gasteiger partial charge in [0.15, 0.2) is 9.84 Å². The van der Waals surface area contributed by atoms with Gasteiger partial charge >= 0.3 is 0 Å². The van der Waals surface area contributed by atoms with Crippen LogP contribution in [0.15, 0.2) is 6.07 Å². The third-order valence-corrected chi connectivity index (χ3v) is 6.39. The largest absolute Gasteiger partial charge is 0.337 e. The lowest BCUT2D eigenvalue weighted by Gasteiger charge is -2.18. The van der Waals surface area contributed by atoms with Crippen LogP contribution in [-0.4, -0.2) is 43.8 Å². The summed E-state index contributed by atoms with van der Waals surface area (Å²) in [6.07, 6.45) is 2.59. The van der Waals surface area contributed by atoms with Gasteiger partial charge in [-0.1, -0.05) is 13.3 Å². The lowest BCUT2D eigenvalue weighted by molar-refractivity contribution is 0.0773. The average Bonchev–Trinajstić information content (AvgIpc) is 2.64. The van der Waals surface area contributed by atoms with Gasteiger partial charge in [0.25, 0.3) is 5.91 Å². The molecule has 20 heavy (non-hydrogen) atoms. The number of thiophene rings is 1. The van der Waals surface area contributed by atoms with Gasteiger partial charge < -0.3 is 4.90 Å². The average molecular weight is 315 g/mol. The zero-order valence-corrected chi connectivity index (χ0v) is 13.6. The molecule has 0 aromatic carbocycles. The van der Waals surface area contributed by atoms with E-state index in [1.54, 1.807) is 4.90 Å². The van der Waals surface area contributed by atoms with Crippen LogP contribution in [0.1, 0.15) is 39.9 Å². The lowest BCUT2D eigenvalue weighted by atomic mass is 10.1. The fraction of sp³-hybridized carbons (Fsp3) is 0.643. The van der Waals surface area contributed by atoms with Crippen LogP contribution in [0.3, 0.4) is 0 Å². The summed E-state index contributed by atoms with van der Waals surface area (Å²) in [6, 6.07) is 1.98. The molecule has 1 fully saturated rings. The molecule has 1 aliphatic heterocycles. The fourth-order valence-corrected chi connectivity index (χ4v) is 4.75. The Bertz CT molecular complexity index is 590. The van der Waals surface area contributed by atoms with Crippen molar-refractivity contribution in [2.75, 3.05) is 24.6 Å². The highest BCUT2D eigenvalue weighted by atomic mass is 32.2. The van der Waals surface area contributed by atoms with Crippen molar-refractivity contribution in [3.05, 3.63) is 21.4 Å². The van der Waals surface area contributed by atoms with E-state index in [2.05, 4.69) is 6.92 Å². The molecule has 1 aliphatic rings. The van der Waals surface area contributed by atoms with Crippen molar-refractivity contribution in [3.63, 3.8) is 0 Å². The number of hydrogen-bond donors (Lipinski definition) is 0. The standard InChI is InChI=1S/C14H21NO3S2/c1-3-5-12-10-13(19-11(12)2)14(16)15-6-4-8-20(17,18)9-7-15/h10H,3-9H2,1-2H3. The minimum atomic E-state index is -2.97. The molecule has 0 atom stereocenters. The predicted molar refractivity (Wildman–Crippen MR) is 82.2 cm³/mol. The van der Waals surface area contributed by atoms with Gasteiger partial charge in [0.1, 0.15) is 0 Å². The van der Waals surface area contributed by atoms with E-state index in [1.807, 2.05) is 13.0 Å². The Morgan fingerprint density at radius 3 is 2.80 bits per heavy atom. The molecule has 0 unspecified atom stereocenters. The van der Waals surface area contributed by atoms with Crippen molar-refractivity contribution in [2.45, 2.75) is 33.1 Å². The minimum absolute atomic E-state index is 0.0162. The van der Waals surface area contributed by atoms with E-state index in [4.69, 9.17) is 0 Å². The molecule has 1 aromatic rings. The number of amides is 1. The zero-order valence-electron chi connectivity index (χ0n) is 12.0. The van der Waals surface area contributed by atoms with E-state index in [-0.39, 0.29) is 17.4 Å². The van der Waals surface area contributed by atoms with Gasteiger partial charge in [0.2, 0.25) is 0 Å². The van der Waals surface area contributed by atoms with Gasteiger partial charge in [0, 0.05) is 18.0 Å². The molecule has 0 N–H and O–H groups in total. The summed E-state index contributed by atoms with van der Waals surface area (Å²) < 4.78 is 23.2. The van der Waals surface area contributed by atoms with E-state index in [1.165, 1.54) is 21.8 Å². The second kappa shape index (κ2) is 6.26. The van der Waals surface area contributed by atoms with Crippen molar-refractivity contribution in [1.29, 1.82) is 0 Å². The Labute approximate surface area is 124 Å². The Morgan fingerprint density at radius 1 is 1.35 bits per heavy atom. The van der Waals surface area contributed by atoms with Gasteiger partial charge in [0.05, 0.1) is 16.4 Å². The third-order valence-electron chi connectivity index (χ3n) is 3.59. The topological polar surface area (TPSA) is 54.5 Å². The Hall–Kier alpha value is -0.880. The van der Waals surface area contributed by atoms with Crippen LogP contribution in [0, 0.1) is 6.92 Å². The van der Waals surface area contributed by atoms with Gasteiger partial charge in [-0.15, -0.1) is 11.3 Å². The van der Waals surface area contributed by atoms with Crippen LogP contribution in [0.2, 0.25) is 0 Å². The first-order chi connectivity index (χ1) is 9.43. The number of rotatable bonds is 3. The Balaban J connectivity index is 2.13. The predicted octanol–water partition coefficient (Wildman–Crippen LogP) is 2.27. The molecule has 4 nitrogen and oxygen atoms in total. The molecule has 6 heteroatoms. The summed E-state index contributed by atoms with van der Waals surface area (Å²) in [4.78, 5) is 16.1. The second-order valence-corrected chi connectivity index (χ2v) is 8.80. The third kappa shape index (κ3) is 3.61. The normalized spacial score (nSPS) is 18.8. The van der Waals surface area contributed by atoms with Crippen molar-refractivity contribution < 1.29 is 13.2 Å². The number of aryl methyl sites for hydroxylation is 2. The summed E-state index contributed by atoms with van der Waals surface area (Å²) in [5, 5.41) is 0. The van der Waals surface area contributed by atoms with E-state index in [9.17, 15) is 13.2 Å². The van der Waals surface area contributed by atoms with E-state index >= 15 is 0 Å². The van der Waals surface area contributed by atoms with Crippen molar-refractivity contribution in [2.24, 2.45) is 0 Å². The second-order valence-electron chi connectivity index (χ2n) is 5.24. The van der Waals surface area contributed by atoms with E-state index in [0.717, 1.165) is 17.7 Å². The summed E-state index contributed by atoms with van der Waals surface area (Å²) in [6.45, 7) is 5.02. The molecule has 2 rings (SSSR count). The molecule has 0 radical (unpaired) electrons. The molecule has 1 aromatic heterocycles. The van der Waals surface area contributed by atoms with Crippen LogP contribution in [-0.2, 0) is 16.3 Å². The molecule has 0 spiro atoms. The van der Waals surface area contributed by atoms with Crippen LogP contribution < -0.4 is 0 Å². The highest BCUT2D eigenvalue weighted by molar-refractivity contribution is 7.91. The van der Waals surface area contributed by atoms with Gasteiger partial charge in [-0.3, -0.25) is 4.79 Å². The number of sulfone groups is 1. The molecule has 1 saturated heterocycles.